The molecule has 0 aliphatic carbocycles. The molecule has 0 radical (unpaired) electrons. The molecule has 0 unspecified atom stereocenters. The summed E-state index contributed by atoms with van der Waals surface area (Å²) in [7, 11) is 0. The van der Waals surface area contributed by atoms with Crippen molar-refractivity contribution >= 4 is 15.9 Å². The minimum absolute atomic E-state index is 0.265. The van der Waals surface area contributed by atoms with Gasteiger partial charge in [-0.05, 0) is 35.9 Å². The van der Waals surface area contributed by atoms with Gasteiger partial charge in [0.05, 0.1) is 6.10 Å². The molecule has 1 aliphatic rings. The van der Waals surface area contributed by atoms with Gasteiger partial charge < -0.3 is 9.84 Å². The largest absolute Gasteiger partial charge is 0.490 e. The van der Waals surface area contributed by atoms with Crippen LogP contribution in [0.15, 0.2) is 40.9 Å². The Bertz CT molecular complexity index is 675. The van der Waals surface area contributed by atoms with Crippen molar-refractivity contribution in [2.24, 2.45) is 0 Å². The van der Waals surface area contributed by atoms with Gasteiger partial charge in [-0.25, -0.2) is 8.78 Å². The quantitative estimate of drug-likeness (QED) is 0.877. The smallest absolute Gasteiger partial charge is 0.159 e. The van der Waals surface area contributed by atoms with Crippen LogP contribution in [-0.2, 0) is 6.42 Å². The predicted octanol–water partition coefficient (Wildman–Crippen LogP) is 4.15. The van der Waals surface area contributed by atoms with Gasteiger partial charge in [0.15, 0.2) is 11.6 Å². The maximum Gasteiger partial charge on any atom is 0.159 e. The SMILES string of the molecule is O[C@H]1C[C@@H](Cc2ccc(F)c(F)c2)Oc2ccc(Br)cc21. The third-order valence-electron chi connectivity index (χ3n) is 3.56. The van der Waals surface area contributed by atoms with Crippen molar-refractivity contribution in [3.63, 3.8) is 0 Å². The van der Waals surface area contributed by atoms with E-state index >= 15 is 0 Å². The van der Waals surface area contributed by atoms with Gasteiger partial charge in [-0.15, -0.1) is 0 Å². The second-order valence-electron chi connectivity index (χ2n) is 5.13. The van der Waals surface area contributed by atoms with Crippen molar-refractivity contribution in [2.75, 3.05) is 0 Å². The van der Waals surface area contributed by atoms with E-state index in [4.69, 9.17) is 4.74 Å². The van der Waals surface area contributed by atoms with E-state index in [9.17, 15) is 13.9 Å². The summed E-state index contributed by atoms with van der Waals surface area (Å²) in [5.74, 6) is -1.10. The fraction of sp³-hybridized carbons (Fsp3) is 0.250. The van der Waals surface area contributed by atoms with Crippen molar-refractivity contribution in [3.05, 3.63) is 63.6 Å². The number of ether oxygens (including phenoxy) is 1. The molecular weight excluding hydrogens is 342 g/mol. The van der Waals surface area contributed by atoms with E-state index in [1.807, 2.05) is 12.1 Å². The summed E-state index contributed by atoms with van der Waals surface area (Å²) in [6, 6.07) is 9.27. The van der Waals surface area contributed by atoms with Crippen LogP contribution in [0.3, 0.4) is 0 Å². The average Bonchev–Trinajstić information content (AvgIpc) is 2.44. The van der Waals surface area contributed by atoms with Gasteiger partial charge in [0.2, 0.25) is 0 Å². The highest BCUT2D eigenvalue weighted by Crippen LogP contribution is 2.37. The molecule has 1 N–H and O–H groups in total. The van der Waals surface area contributed by atoms with Crippen LogP contribution < -0.4 is 4.74 Å². The molecule has 0 fully saturated rings. The van der Waals surface area contributed by atoms with E-state index in [2.05, 4.69) is 15.9 Å². The molecule has 0 bridgehead atoms. The normalized spacial score (nSPS) is 20.8. The highest BCUT2D eigenvalue weighted by Gasteiger charge is 2.27. The van der Waals surface area contributed by atoms with E-state index < -0.39 is 17.7 Å². The summed E-state index contributed by atoms with van der Waals surface area (Å²) in [6.45, 7) is 0. The van der Waals surface area contributed by atoms with Gasteiger partial charge in [-0.1, -0.05) is 22.0 Å². The summed E-state index contributed by atoms with van der Waals surface area (Å²) in [5.41, 5.74) is 1.39. The van der Waals surface area contributed by atoms with E-state index in [1.165, 1.54) is 12.1 Å². The number of aliphatic hydroxyl groups excluding tert-OH is 1. The Morgan fingerprint density at radius 2 is 1.95 bits per heavy atom. The zero-order valence-electron chi connectivity index (χ0n) is 11.0. The molecule has 2 nitrogen and oxygen atoms in total. The summed E-state index contributed by atoms with van der Waals surface area (Å²) in [4.78, 5) is 0. The summed E-state index contributed by atoms with van der Waals surface area (Å²) < 4.78 is 32.9. The van der Waals surface area contributed by atoms with Crippen LogP contribution in [0.2, 0.25) is 0 Å². The highest BCUT2D eigenvalue weighted by atomic mass is 79.9. The van der Waals surface area contributed by atoms with Crippen molar-refractivity contribution in [1.29, 1.82) is 0 Å². The maximum absolute atomic E-state index is 13.2. The van der Waals surface area contributed by atoms with Crippen LogP contribution in [0.25, 0.3) is 0 Å². The van der Waals surface area contributed by atoms with Gasteiger partial charge in [0.25, 0.3) is 0 Å². The van der Waals surface area contributed by atoms with Crippen LogP contribution in [0.5, 0.6) is 5.75 Å². The Balaban J connectivity index is 1.79. The Labute approximate surface area is 129 Å². The predicted molar refractivity (Wildman–Crippen MR) is 78.2 cm³/mol. The molecule has 2 aromatic carbocycles. The fourth-order valence-electron chi connectivity index (χ4n) is 2.55. The van der Waals surface area contributed by atoms with E-state index in [-0.39, 0.29) is 6.10 Å². The van der Waals surface area contributed by atoms with E-state index in [1.54, 1.807) is 6.07 Å². The molecular formula is C16H13BrF2O2. The lowest BCUT2D eigenvalue weighted by Gasteiger charge is -2.30. The number of benzene rings is 2. The third kappa shape index (κ3) is 3.09. The Hall–Kier alpha value is -1.46. The first-order valence-corrected chi connectivity index (χ1v) is 7.40. The second kappa shape index (κ2) is 5.73. The molecule has 21 heavy (non-hydrogen) atoms. The van der Waals surface area contributed by atoms with Crippen LogP contribution in [-0.4, -0.2) is 11.2 Å². The van der Waals surface area contributed by atoms with Crippen molar-refractivity contribution in [2.45, 2.75) is 25.0 Å². The first-order chi connectivity index (χ1) is 10.0. The van der Waals surface area contributed by atoms with Gasteiger partial charge in [-0.2, -0.15) is 0 Å². The monoisotopic (exact) mass is 354 g/mol. The molecule has 1 heterocycles. The molecule has 0 saturated carbocycles. The molecule has 1 aliphatic heterocycles. The van der Waals surface area contributed by atoms with E-state index in [0.717, 1.165) is 16.1 Å². The molecule has 2 aromatic rings. The molecule has 0 aromatic heterocycles. The number of fused-ring (bicyclic) bond motifs is 1. The van der Waals surface area contributed by atoms with Crippen molar-refractivity contribution < 1.29 is 18.6 Å². The summed E-state index contributed by atoms with van der Waals surface area (Å²) in [6.07, 6.45) is -0.0493. The molecule has 2 atom stereocenters. The van der Waals surface area contributed by atoms with E-state index in [0.29, 0.717) is 24.2 Å². The fourth-order valence-corrected chi connectivity index (χ4v) is 2.92. The van der Waals surface area contributed by atoms with Gasteiger partial charge in [-0.3, -0.25) is 0 Å². The number of rotatable bonds is 2. The number of aliphatic hydroxyl groups is 1. The van der Waals surface area contributed by atoms with Gasteiger partial charge in [0.1, 0.15) is 11.9 Å². The number of halogens is 3. The highest BCUT2D eigenvalue weighted by molar-refractivity contribution is 9.10. The number of hydrogen-bond donors (Lipinski definition) is 1. The first-order valence-electron chi connectivity index (χ1n) is 6.61. The first kappa shape index (κ1) is 14.5. The zero-order chi connectivity index (χ0) is 15.0. The Kier molecular flexibility index (Phi) is 3.95. The Morgan fingerprint density at radius 1 is 1.14 bits per heavy atom. The maximum atomic E-state index is 13.2. The van der Waals surface area contributed by atoms with Crippen LogP contribution in [0, 0.1) is 11.6 Å². The second-order valence-corrected chi connectivity index (χ2v) is 6.04. The molecule has 0 spiro atoms. The lowest BCUT2D eigenvalue weighted by atomic mass is 9.95. The molecule has 110 valence electrons. The third-order valence-corrected chi connectivity index (χ3v) is 4.05. The molecule has 5 heteroatoms. The van der Waals surface area contributed by atoms with Gasteiger partial charge in [0, 0.05) is 22.9 Å². The molecule has 0 saturated heterocycles. The van der Waals surface area contributed by atoms with Crippen LogP contribution in [0.4, 0.5) is 8.78 Å². The minimum Gasteiger partial charge on any atom is -0.490 e. The summed E-state index contributed by atoms with van der Waals surface area (Å²) >= 11 is 3.36. The number of hydrogen-bond acceptors (Lipinski definition) is 2. The zero-order valence-corrected chi connectivity index (χ0v) is 12.6. The standard InChI is InChI=1S/C16H13BrF2O2/c17-10-2-4-16-12(7-10)15(20)8-11(21-16)5-9-1-3-13(18)14(19)6-9/h1-4,6-7,11,15,20H,5,8H2/t11-,15+/m1/s1. The average molecular weight is 355 g/mol. The molecule has 0 amide bonds. The summed E-state index contributed by atoms with van der Waals surface area (Å²) in [5, 5.41) is 10.2. The lowest BCUT2D eigenvalue weighted by Crippen LogP contribution is -2.27. The van der Waals surface area contributed by atoms with Crippen molar-refractivity contribution in [1.82, 2.24) is 0 Å². The van der Waals surface area contributed by atoms with Gasteiger partial charge >= 0.3 is 0 Å². The van der Waals surface area contributed by atoms with Crippen molar-refractivity contribution in [3.8, 4) is 5.75 Å². The van der Waals surface area contributed by atoms with Crippen LogP contribution in [0.1, 0.15) is 23.7 Å². The Morgan fingerprint density at radius 3 is 2.71 bits per heavy atom. The minimum atomic E-state index is -0.867. The van der Waals surface area contributed by atoms with Crippen LogP contribution >= 0.6 is 15.9 Å². The molecule has 3 rings (SSSR count). The topological polar surface area (TPSA) is 29.5 Å². The lowest BCUT2D eigenvalue weighted by molar-refractivity contribution is 0.0661.